The summed E-state index contributed by atoms with van der Waals surface area (Å²) in [5.41, 5.74) is 8.59. The molecule has 2 heterocycles. The van der Waals surface area contributed by atoms with E-state index in [0.29, 0.717) is 6.54 Å². The van der Waals surface area contributed by atoms with Gasteiger partial charge in [0.1, 0.15) is 10.8 Å². The number of imidazole rings is 1. The quantitative estimate of drug-likeness (QED) is 0.795. The zero-order valence-electron chi connectivity index (χ0n) is 10.8. The zero-order valence-corrected chi connectivity index (χ0v) is 11.6. The van der Waals surface area contributed by atoms with Gasteiger partial charge in [-0.1, -0.05) is 23.0 Å². The standard InChI is InChI=1S/C13H14N4OS/c1-8-3-4-11(18-2)9(5-8)10-7-17-13(15-10)19-12(6-14)16-17/h3-5,7H,6,14H2,1-2H3. The molecule has 0 saturated carbocycles. The van der Waals surface area contributed by atoms with Crippen LogP contribution in [0.15, 0.2) is 24.4 Å². The lowest BCUT2D eigenvalue weighted by Crippen LogP contribution is -1.96. The van der Waals surface area contributed by atoms with Gasteiger partial charge in [-0.05, 0) is 19.1 Å². The summed E-state index contributed by atoms with van der Waals surface area (Å²) in [6, 6.07) is 6.04. The maximum Gasteiger partial charge on any atom is 0.212 e. The highest BCUT2D eigenvalue weighted by Gasteiger charge is 2.12. The van der Waals surface area contributed by atoms with Gasteiger partial charge in [0.2, 0.25) is 4.96 Å². The van der Waals surface area contributed by atoms with Crippen molar-refractivity contribution in [3.8, 4) is 17.0 Å². The molecule has 0 amide bonds. The first-order chi connectivity index (χ1) is 9.21. The van der Waals surface area contributed by atoms with Crippen LogP contribution in [0.1, 0.15) is 10.6 Å². The summed E-state index contributed by atoms with van der Waals surface area (Å²) in [6.45, 7) is 2.49. The molecule has 0 bridgehead atoms. The lowest BCUT2D eigenvalue weighted by molar-refractivity contribution is 0.416. The first-order valence-corrected chi connectivity index (χ1v) is 6.73. The average Bonchev–Trinajstić information content (AvgIpc) is 2.96. The van der Waals surface area contributed by atoms with Gasteiger partial charge in [0.05, 0.1) is 19.0 Å². The Morgan fingerprint density at radius 3 is 2.95 bits per heavy atom. The lowest BCUT2D eigenvalue weighted by atomic mass is 10.1. The number of hydrogen-bond acceptors (Lipinski definition) is 5. The topological polar surface area (TPSA) is 65.4 Å². The number of hydrogen-bond donors (Lipinski definition) is 1. The normalized spacial score (nSPS) is 11.1. The van der Waals surface area contributed by atoms with E-state index >= 15 is 0 Å². The average molecular weight is 274 g/mol. The third kappa shape index (κ3) is 2.09. The van der Waals surface area contributed by atoms with Crippen LogP contribution in [-0.2, 0) is 6.54 Å². The third-order valence-corrected chi connectivity index (χ3v) is 3.84. The van der Waals surface area contributed by atoms with Gasteiger partial charge in [0, 0.05) is 12.1 Å². The predicted molar refractivity (Wildman–Crippen MR) is 75.5 cm³/mol. The Bertz CT molecular complexity index is 700. The van der Waals surface area contributed by atoms with Crippen molar-refractivity contribution in [3.63, 3.8) is 0 Å². The van der Waals surface area contributed by atoms with Crippen LogP contribution in [-0.4, -0.2) is 21.7 Å². The summed E-state index contributed by atoms with van der Waals surface area (Å²) in [7, 11) is 1.66. The Morgan fingerprint density at radius 2 is 2.26 bits per heavy atom. The van der Waals surface area contributed by atoms with Crippen LogP contribution in [0.5, 0.6) is 5.75 Å². The maximum absolute atomic E-state index is 5.57. The molecule has 3 rings (SSSR count). The minimum absolute atomic E-state index is 0.442. The predicted octanol–water partition coefficient (Wildman–Crippen LogP) is 2.23. The number of rotatable bonds is 3. The van der Waals surface area contributed by atoms with Crippen LogP contribution in [0.4, 0.5) is 0 Å². The Balaban J connectivity index is 2.13. The molecular weight excluding hydrogens is 260 g/mol. The molecule has 0 radical (unpaired) electrons. The minimum atomic E-state index is 0.442. The van der Waals surface area contributed by atoms with Gasteiger partial charge in [-0.2, -0.15) is 5.10 Å². The van der Waals surface area contributed by atoms with Crippen molar-refractivity contribution in [2.24, 2.45) is 5.73 Å². The highest BCUT2D eigenvalue weighted by Crippen LogP contribution is 2.31. The number of aryl methyl sites for hydroxylation is 1. The Kier molecular flexibility index (Phi) is 2.96. The van der Waals surface area contributed by atoms with Gasteiger partial charge in [-0.25, -0.2) is 9.50 Å². The van der Waals surface area contributed by atoms with Crippen molar-refractivity contribution in [1.82, 2.24) is 14.6 Å². The van der Waals surface area contributed by atoms with E-state index in [-0.39, 0.29) is 0 Å². The van der Waals surface area contributed by atoms with E-state index in [2.05, 4.69) is 16.1 Å². The Labute approximate surface area is 114 Å². The van der Waals surface area contributed by atoms with E-state index in [1.165, 1.54) is 16.9 Å². The van der Waals surface area contributed by atoms with Crippen LogP contribution in [0, 0.1) is 6.92 Å². The third-order valence-electron chi connectivity index (χ3n) is 2.89. The molecule has 1 aromatic carbocycles. The summed E-state index contributed by atoms with van der Waals surface area (Å²) < 4.78 is 7.15. The second-order valence-electron chi connectivity index (χ2n) is 4.26. The van der Waals surface area contributed by atoms with E-state index in [9.17, 15) is 0 Å². The molecule has 19 heavy (non-hydrogen) atoms. The van der Waals surface area contributed by atoms with Gasteiger partial charge < -0.3 is 10.5 Å². The van der Waals surface area contributed by atoms with E-state index in [1.807, 2.05) is 25.3 Å². The number of methoxy groups -OCH3 is 1. The number of fused-ring (bicyclic) bond motifs is 1. The van der Waals surface area contributed by atoms with Gasteiger partial charge in [0.15, 0.2) is 0 Å². The second-order valence-corrected chi connectivity index (χ2v) is 5.30. The molecule has 0 aliphatic rings. The van der Waals surface area contributed by atoms with Gasteiger partial charge in [0.25, 0.3) is 0 Å². The molecule has 0 aliphatic carbocycles. The molecule has 0 unspecified atom stereocenters. The molecule has 5 nitrogen and oxygen atoms in total. The van der Waals surface area contributed by atoms with Crippen LogP contribution >= 0.6 is 11.3 Å². The molecule has 3 aromatic rings. The summed E-state index contributed by atoms with van der Waals surface area (Å²) in [6.07, 6.45) is 1.91. The van der Waals surface area contributed by atoms with Gasteiger partial charge in [-0.15, -0.1) is 0 Å². The summed E-state index contributed by atoms with van der Waals surface area (Å²) in [4.78, 5) is 5.43. The number of benzene rings is 1. The van der Waals surface area contributed by atoms with Crippen molar-refractivity contribution >= 4 is 16.3 Å². The maximum atomic E-state index is 5.57. The minimum Gasteiger partial charge on any atom is -0.496 e. The van der Waals surface area contributed by atoms with Crippen molar-refractivity contribution in [1.29, 1.82) is 0 Å². The first-order valence-electron chi connectivity index (χ1n) is 5.91. The zero-order chi connectivity index (χ0) is 13.4. The number of ether oxygens (including phenoxy) is 1. The molecule has 2 N–H and O–H groups in total. The van der Waals surface area contributed by atoms with Crippen LogP contribution in [0.2, 0.25) is 0 Å². The molecule has 0 atom stereocenters. The van der Waals surface area contributed by atoms with Crippen LogP contribution < -0.4 is 10.5 Å². The molecule has 98 valence electrons. The second kappa shape index (κ2) is 4.64. The molecule has 0 spiro atoms. The number of nitrogens with two attached hydrogens (primary N) is 1. The molecular formula is C13H14N4OS. The fourth-order valence-corrected chi connectivity index (χ4v) is 2.73. The molecule has 0 aliphatic heterocycles. The Hall–Kier alpha value is -1.92. The summed E-state index contributed by atoms with van der Waals surface area (Å²) in [5.74, 6) is 0.815. The van der Waals surface area contributed by atoms with Crippen molar-refractivity contribution < 1.29 is 4.74 Å². The number of aromatic nitrogens is 3. The molecule has 6 heteroatoms. The van der Waals surface area contributed by atoms with Crippen molar-refractivity contribution in [2.75, 3.05) is 7.11 Å². The Morgan fingerprint density at radius 1 is 1.42 bits per heavy atom. The molecule has 2 aromatic heterocycles. The largest absolute Gasteiger partial charge is 0.496 e. The van der Waals surface area contributed by atoms with E-state index in [1.54, 1.807) is 11.6 Å². The van der Waals surface area contributed by atoms with Crippen LogP contribution in [0.25, 0.3) is 16.2 Å². The first kappa shape index (κ1) is 12.1. The smallest absolute Gasteiger partial charge is 0.212 e. The highest BCUT2D eigenvalue weighted by atomic mass is 32.1. The van der Waals surface area contributed by atoms with Gasteiger partial charge in [-0.3, -0.25) is 0 Å². The molecule has 0 saturated heterocycles. The monoisotopic (exact) mass is 274 g/mol. The fourth-order valence-electron chi connectivity index (χ4n) is 1.98. The number of nitrogens with zero attached hydrogens (tertiary/aromatic N) is 3. The van der Waals surface area contributed by atoms with Crippen molar-refractivity contribution in [3.05, 3.63) is 35.0 Å². The highest BCUT2D eigenvalue weighted by molar-refractivity contribution is 7.16. The lowest BCUT2D eigenvalue weighted by Gasteiger charge is -2.06. The molecule has 0 fully saturated rings. The van der Waals surface area contributed by atoms with E-state index in [4.69, 9.17) is 10.5 Å². The van der Waals surface area contributed by atoms with Gasteiger partial charge >= 0.3 is 0 Å². The summed E-state index contributed by atoms with van der Waals surface area (Å²) in [5, 5.41) is 5.24. The fraction of sp³-hybridized carbons (Fsp3) is 0.231. The van der Waals surface area contributed by atoms with Crippen LogP contribution in [0.3, 0.4) is 0 Å². The SMILES string of the molecule is COc1ccc(C)cc1-c1cn2nc(CN)sc2n1. The van der Waals surface area contributed by atoms with E-state index in [0.717, 1.165) is 27.0 Å². The van der Waals surface area contributed by atoms with E-state index < -0.39 is 0 Å². The summed E-state index contributed by atoms with van der Waals surface area (Å²) >= 11 is 1.51. The van der Waals surface area contributed by atoms with Crippen molar-refractivity contribution in [2.45, 2.75) is 13.5 Å².